The van der Waals surface area contributed by atoms with Gasteiger partial charge in [0.1, 0.15) is 5.82 Å². The molecule has 7 nitrogen and oxygen atoms in total. The number of hydrogen-bond donors (Lipinski definition) is 4. The van der Waals surface area contributed by atoms with Crippen molar-refractivity contribution in [2.75, 3.05) is 36.1 Å². The van der Waals surface area contributed by atoms with Crippen molar-refractivity contribution in [2.24, 2.45) is 0 Å². The van der Waals surface area contributed by atoms with Gasteiger partial charge in [-0.05, 0) is 51.1 Å². The van der Waals surface area contributed by atoms with Gasteiger partial charge in [0.15, 0.2) is 0 Å². The number of nitrogens with zero attached hydrogens (tertiary/aromatic N) is 2. The zero-order chi connectivity index (χ0) is 19.2. The summed E-state index contributed by atoms with van der Waals surface area (Å²) in [6.45, 7) is 1.71. The summed E-state index contributed by atoms with van der Waals surface area (Å²) >= 11 is 11.9. The molecule has 1 fully saturated rings. The van der Waals surface area contributed by atoms with Crippen LogP contribution in [0.2, 0.25) is 10.0 Å². The molecule has 27 heavy (non-hydrogen) atoms. The highest BCUT2D eigenvalue weighted by Gasteiger charge is 2.26. The van der Waals surface area contributed by atoms with Crippen LogP contribution in [0.1, 0.15) is 30.9 Å². The van der Waals surface area contributed by atoms with Crippen molar-refractivity contribution in [3.63, 3.8) is 0 Å². The maximum Gasteiger partial charge on any atom is 0.326 e. The number of amides is 2. The Bertz CT molecular complexity index is 812. The largest absolute Gasteiger partial charge is 0.370 e. The lowest BCUT2D eigenvalue weighted by Gasteiger charge is -2.11. The molecule has 0 saturated heterocycles. The predicted molar refractivity (Wildman–Crippen MR) is 110 cm³/mol. The molecule has 1 heterocycles. The fourth-order valence-electron chi connectivity index (χ4n) is 2.52. The van der Waals surface area contributed by atoms with Crippen molar-refractivity contribution in [3.8, 4) is 0 Å². The number of rotatable bonds is 8. The standard InChI is InChI=1S/C18H22Cl2N6O/c1-21-7-2-8-22-16-10-15(11-3-4-11)24-17(25-16)26-18(27)23-12-5-6-13(19)14(20)9-12/h5-6,9-11,21H,2-4,7-8H2,1H3,(H3,22,23,24,25,26,27). The molecule has 144 valence electrons. The lowest BCUT2D eigenvalue weighted by Crippen LogP contribution is -2.21. The summed E-state index contributed by atoms with van der Waals surface area (Å²) in [5.41, 5.74) is 1.48. The van der Waals surface area contributed by atoms with Crippen LogP contribution in [0, 0.1) is 0 Å². The molecule has 1 aliphatic rings. The number of carbonyl (C=O) groups excluding carboxylic acids is 1. The molecule has 0 unspecified atom stereocenters. The molecule has 0 aliphatic heterocycles. The van der Waals surface area contributed by atoms with Gasteiger partial charge in [0, 0.05) is 24.2 Å². The molecule has 0 spiro atoms. The predicted octanol–water partition coefficient (Wildman–Crippen LogP) is 4.33. The van der Waals surface area contributed by atoms with E-state index >= 15 is 0 Å². The molecule has 1 saturated carbocycles. The molecule has 2 amide bonds. The van der Waals surface area contributed by atoms with Crippen LogP contribution in [-0.2, 0) is 0 Å². The Kier molecular flexibility index (Phi) is 6.71. The summed E-state index contributed by atoms with van der Waals surface area (Å²) < 4.78 is 0. The Morgan fingerprint density at radius 1 is 1.11 bits per heavy atom. The van der Waals surface area contributed by atoms with Crippen LogP contribution in [0.25, 0.3) is 0 Å². The number of benzene rings is 1. The lowest BCUT2D eigenvalue weighted by molar-refractivity contribution is 0.262. The van der Waals surface area contributed by atoms with Crippen molar-refractivity contribution in [1.82, 2.24) is 15.3 Å². The zero-order valence-electron chi connectivity index (χ0n) is 15.0. The zero-order valence-corrected chi connectivity index (χ0v) is 16.5. The second-order valence-corrected chi connectivity index (χ2v) is 7.18. The first kappa shape index (κ1) is 19.7. The van der Waals surface area contributed by atoms with Crippen molar-refractivity contribution < 1.29 is 4.79 Å². The van der Waals surface area contributed by atoms with E-state index in [2.05, 4.69) is 31.2 Å². The van der Waals surface area contributed by atoms with Crippen LogP contribution < -0.4 is 21.3 Å². The van der Waals surface area contributed by atoms with Crippen LogP contribution >= 0.6 is 23.2 Å². The molecular formula is C18H22Cl2N6O. The van der Waals surface area contributed by atoms with Gasteiger partial charge < -0.3 is 16.0 Å². The Labute approximate surface area is 168 Å². The van der Waals surface area contributed by atoms with Crippen molar-refractivity contribution in [3.05, 3.63) is 40.0 Å². The highest BCUT2D eigenvalue weighted by Crippen LogP contribution is 2.39. The summed E-state index contributed by atoms with van der Waals surface area (Å²) in [5, 5.41) is 12.6. The summed E-state index contributed by atoms with van der Waals surface area (Å²) in [5.74, 6) is 1.44. The molecule has 1 aromatic carbocycles. The van der Waals surface area contributed by atoms with Crippen LogP contribution in [0.5, 0.6) is 0 Å². The van der Waals surface area contributed by atoms with Crippen molar-refractivity contribution >= 4 is 46.7 Å². The SMILES string of the molecule is CNCCCNc1cc(C2CC2)nc(NC(=O)Nc2ccc(Cl)c(Cl)c2)n1. The number of urea groups is 1. The van der Waals surface area contributed by atoms with Gasteiger partial charge in [0.25, 0.3) is 0 Å². The van der Waals surface area contributed by atoms with E-state index in [0.717, 1.165) is 38.0 Å². The van der Waals surface area contributed by atoms with Gasteiger partial charge in [-0.3, -0.25) is 5.32 Å². The number of carbonyl (C=O) groups is 1. The number of anilines is 3. The van der Waals surface area contributed by atoms with Gasteiger partial charge in [0.2, 0.25) is 5.95 Å². The fraction of sp³-hybridized carbons (Fsp3) is 0.389. The first-order chi connectivity index (χ1) is 13.0. The van der Waals surface area contributed by atoms with E-state index in [0.29, 0.717) is 27.5 Å². The average molecular weight is 409 g/mol. The summed E-state index contributed by atoms with van der Waals surface area (Å²) in [6.07, 6.45) is 3.20. The third-order valence-corrected chi connectivity index (χ3v) is 4.79. The van der Waals surface area contributed by atoms with Gasteiger partial charge >= 0.3 is 6.03 Å². The van der Waals surface area contributed by atoms with Crippen LogP contribution in [0.3, 0.4) is 0 Å². The Morgan fingerprint density at radius 2 is 1.93 bits per heavy atom. The van der Waals surface area contributed by atoms with Crippen LogP contribution in [-0.4, -0.2) is 36.1 Å². The first-order valence-corrected chi connectivity index (χ1v) is 9.61. The molecule has 0 radical (unpaired) electrons. The van der Waals surface area contributed by atoms with E-state index in [4.69, 9.17) is 23.2 Å². The normalized spacial score (nSPS) is 13.3. The first-order valence-electron chi connectivity index (χ1n) is 8.85. The molecule has 0 atom stereocenters. The van der Waals surface area contributed by atoms with E-state index in [1.807, 2.05) is 13.1 Å². The molecule has 4 N–H and O–H groups in total. The lowest BCUT2D eigenvalue weighted by atomic mass is 10.3. The van der Waals surface area contributed by atoms with Gasteiger partial charge in [-0.2, -0.15) is 4.98 Å². The molecule has 1 aliphatic carbocycles. The highest BCUT2D eigenvalue weighted by atomic mass is 35.5. The number of hydrogen-bond acceptors (Lipinski definition) is 5. The van der Waals surface area contributed by atoms with Gasteiger partial charge in [-0.15, -0.1) is 0 Å². The average Bonchev–Trinajstić information content (AvgIpc) is 3.47. The smallest absolute Gasteiger partial charge is 0.326 e. The third-order valence-electron chi connectivity index (χ3n) is 4.05. The molecule has 9 heteroatoms. The minimum Gasteiger partial charge on any atom is -0.370 e. The molecule has 3 rings (SSSR count). The highest BCUT2D eigenvalue weighted by molar-refractivity contribution is 6.42. The molecule has 1 aromatic heterocycles. The minimum absolute atomic E-state index is 0.271. The Hall–Kier alpha value is -2.09. The fourth-order valence-corrected chi connectivity index (χ4v) is 2.82. The monoisotopic (exact) mass is 408 g/mol. The molecule has 0 bridgehead atoms. The maximum absolute atomic E-state index is 12.3. The number of aromatic nitrogens is 2. The molecular weight excluding hydrogens is 387 g/mol. The van der Waals surface area contributed by atoms with Gasteiger partial charge in [-0.25, -0.2) is 9.78 Å². The summed E-state index contributed by atoms with van der Waals surface area (Å²) in [7, 11) is 1.92. The van der Waals surface area contributed by atoms with Crippen LogP contribution in [0.4, 0.5) is 22.2 Å². The van der Waals surface area contributed by atoms with E-state index in [-0.39, 0.29) is 5.95 Å². The van der Waals surface area contributed by atoms with Crippen molar-refractivity contribution in [1.29, 1.82) is 0 Å². The second-order valence-electron chi connectivity index (χ2n) is 6.37. The topological polar surface area (TPSA) is 91.0 Å². The summed E-state index contributed by atoms with van der Waals surface area (Å²) in [6, 6.07) is 6.39. The van der Waals surface area contributed by atoms with E-state index in [1.165, 1.54) is 0 Å². The quantitative estimate of drug-likeness (QED) is 0.488. The summed E-state index contributed by atoms with van der Waals surface area (Å²) in [4.78, 5) is 21.1. The van der Waals surface area contributed by atoms with Gasteiger partial charge in [0.05, 0.1) is 15.7 Å². The maximum atomic E-state index is 12.3. The Morgan fingerprint density at radius 3 is 2.63 bits per heavy atom. The second kappa shape index (κ2) is 9.21. The van der Waals surface area contributed by atoms with E-state index < -0.39 is 6.03 Å². The number of halogens is 2. The minimum atomic E-state index is -0.442. The van der Waals surface area contributed by atoms with E-state index in [9.17, 15) is 4.79 Å². The molecule has 2 aromatic rings. The van der Waals surface area contributed by atoms with E-state index in [1.54, 1.807) is 18.2 Å². The third kappa shape index (κ3) is 5.95. The Balaban J connectivity index is 1.66. The van der Waals surface area contributed by atoms with Crippen molar-refractivity contribution in [2.45, 2.75) is 25.2 Å². The number of nitrogens with one attached hydrogen (secondary N) is 4. The van der Waals surface area contributed by atoms with Gasteiger partial charge in [-0.1, -0.05) is 23.2 Å². The van der Waals surface area contributed by atoms with Crippen LogP contribution in [0.15, 0.2) is 24.3 Å².